The second kappa shape index (κ2) is 6.62. The Hall–Kier alpha value is -1.66. The second-order valence-electron chi connectivity index (χ2n) is 5.26. The van der Waals surface area contributed by atoms with Crippen LogP contribution >= 0.6 is 11.3 Å². The van der Waals surface area contributed by atoms with Crippen LogP contribution in [0.15, 0.2) is 23.2 Å². The van der Waals surface area contributed by atoms with Crippen LogP contribution in [0.3, 0.4) is 0 Å². The number of benzene rings is 1. The van der Waals surface area contributed by atoms with Crippen LogP contribution in [-0.4, -0.2) is 30.8 Å². The number of aromatic nitrogens is 1. The van der Waals surface area contributed by atoms with Crippen molar-refractivity contribution in [1.82, 2.24) is 4.57 Å². The summed E-state index contributed by atoms with van der Waals surface area (Å²) in [7, 11) is 1.66. The van der Waals surface area contributed by atoms with Gasteiger partial charge in [0.05, 0.1) is 18.4 Å². The smallest absolute Gasteiger partial charge is 0.251 e. The molecule has 0 unspecified atom stereocenters. The largest absolute Gasteiger partial charge is 0.495 e. The molecular formula is C16H20N2O3S. The number of rotatable bonds is 6. The van der Waals surface area contributed by atoms with Crippen molar-refractivity contribution in [2.45, 2.75) is 26.3 Å². The molecule has 0 saturated heterocycles. The summed E-state index contributed by atoms with van der Waals surface area (Å²) in [6.45, 7) is 3.89. The molecule has 0 atom stereocenters. The van der Waals surface area contributed by atoms with Crippen molar-refractivity contribution in [3.05, 3.63) is 23.0 Å². The highest BCUT2D eigenvalue weighted by molar-refractivity contribution is 7.16. The Morgan fingerprint density at radius 2 is 2.27 bits per heavy atom. The van der Waals surface area contributed by atoms with E-state index in [1.165, 1.54) is 11.3 Å². The third kappa shape index (κ3) is 3.08. The molecule has 1 aromatic heterocycles. The standard InChI is InChI=1S/C16H20N2O3S/c1-3-21-10-9-18-14-12(20-2)5-4-6-13(14)22-16(18)17-15(19)11-7-8-11/h4-6,11H,3,7-10H2,1-2H3. The fourth-order valence-corrected chi connectivity index (χ4v) is 3.45. The van der Waals surface area contributed by atoms with Crippen molar-refractivity contribution in [2.75, 3.05) is 20.3 Å². The fraction of sp³-hybridized carbons (Fsp3) is 0.500. The Morgan fingerprint density at radius 3 is 2.95 bits per heavy atom. The van der Waals surface area contributed by atoms with Crippen LogP contribution in [0, 0.1) is 5.92 Å². The maximum Gasteiger partial charge on any atom is 0.251 e. The molecule has 1 aromatic carbocycles. The first-order valence-corrected chi connectivity index (χ1v) is 8.39. The zero-order valence-corrected chi connectivity index (χ0v) is 13.7. The van der Waals surface area contributed by atoms with Gasteiger partial charge in [-0.3, -0.25) is 4.79 Å². The van der Waals surface area contributed by atoms with Crippen LogP contribution in [0.4, 0.5) is 0 Å². The van der Waals surface area contributed by atoms with Crippen LogP contribution in [0.1, 0.15) is 19.8 Å². The second-order valence-corrected chi connectivity index (χ2v) is 6.27. The molecule has 1 heterocycles. The number of methoxy groups -OCH3 is 1. The molecule has 0 spiro atoms. The molecule has 1 aliphatic rings. The fourth-order valence-electron chi connectivity index (χ4n) is 2.37. The maximum atomic E-state index is 12.1. The lowest BCUT2D eigenvalue weighted by atomic mass is 10.3. The lowest BCUT2D eigenvalue weighted by Gasteiger charge is -2.08. The average molecular weight is 320 g/mol. The minimum atomic E-state index is -0.00400. The van der Waals surface area contributed by atoms with Crippen molar-refractivity contribution in [2.24, 2.45) is 10.9 Å². The van der Waals surface area contributed by atoms with Crippen molar-refractivity contribution in [1.29, 1.82) is 0 Å². The Balaban J connectivity index is 2.08. The van der Waals surface area contributed by atoms with Gasteiger partial charge in [0.15, 0.2) is 4.80 Å². The number of carbonyl (C=O) groups is 1. The first-order chi connectivity index (χ1) is 10.7. The summed E-state index contributed by atoms with van der Waals surface area (Å²) in [5.74, 6) is 0.925. The minimum absolute atomic E-state index is 0.00400. The lowest BCUT2D eigenvalue weighted by Crippen LogP contribution is -2.20. The van der Waals surface area contributed by atoms with Gasteiger partial charge >= 0.3 is 0 Å². The van der Waals surface area contributed by atoms with E-state index in [0.29, 0.717) is 19.8 Å². The van der Waals surface area contributed by atoms with E-state index < -0.39 is 0 Å². The molecule has 1 saturated carbocycles. The van der Waals surface area contributed by atoms with E-state index in [-0.39, 0.29) is 11.8 Å². The predicted octanol–water partition coefficient (Wildman–Crippen LogP) is 2.59. The van der Waals surface area contributed by atoms with Crippen molar-refractivity contribution in [3.63, 3.8) is 0 Å². The number of para-hydroxylation sites is 1. The van der Waals surface area contributed by atoms with Crippen LogP contribution < -0.4 is 9.54 Å². The molecule has 2 aromatic rings. The van der Waals surface area contributed by atoms with Crippen LogP contribution in [0.5, 0.6) is 5.75 Å². The summed E-state index contributed by atoms with van der Waals surface area (Å²) in [5, 5.41) is 0. The quantitative estimate of drug-likeness (QED) is 0.769. The normalized spacial score (nSPS) is 15.5. The topological polar surface area (TPSA) is 52.8 Å². The maximum absolute atomic E-state index is 12.1. The summed E-state index contributed by atoms with van der Waals surface area (Å²) in [5.41, 5.74) is 0.983. The van der Waals surface area contributed by atoms with Crippen molar-refractivity contribution < 1.29 is 14.3 Å². The SMILES string of the molecule is CCOCCn1c(=NC(=O)C2CC2)sc2cccc(OC)c21. The Morgan fingerprint density at radius 1 is 1.45 bits per heavy atom. The first-order valence-electron chi connectivity index (χ1n) is 7.57. The summed E-state index contributed by atoms with van der Waals surface area (Å²) in [6, 6.07) is 5.91. The van der Waals surface area contributed by atoms with Gasteiger partial charge in [0.2, 0.25) is 0 Å². The Kier molecular flexibility index (Phi) is 4.59. The van der Waals surface area contributed by atoms with Crippen LogP contribution in [0.2, 0.25) is 0 Å². The summed E-state index contributed by atoms with van der Waals surface area (Å²) >= 11 is 1.52. The van der Waals surface area contributed by atoms with Gasteiger partial charge in [-0.05, 0) is 31.9 Å². The first kappa shape index (κ1) is 15.2. The highest BCUT2D eigenvalue weighted by Gasteiger charge is 2.29. The van der Waals surface area contributed by atoms with E-state index in [9.17, 15) is 4.79 Å². The Bertz CT molecular complexity index is 743. The van der Waals surface area contributed by atoms with Gasteiger partial charge in [0.1, 0.15) is 11.3 Å². The number of amides is 1. The molecule has 3 rings (SSSR count). The van der Waals surface area contributed by atoms with E-state index >= 15 is 0 Å². The lowest BCUT2D eigenvalue weighted by molar-refractivity contribution is -0.119. The van der Waals surface area contributed by atoms with Crippen LogP contribution in [-0.2, 0) is 16.1 Å². The number of carbonyl (C=O) groups excluding carboxylic acids is 1. The molecule has 1 amide bonds. The predicted molar refractivity (Wildman–Crippen MR) is 86.2 cm³/mol. The van der Waals surface area contributed by atoms with Crippen molar-refractivity contribution >= 4 is 27.5 Å². The number of thiazole rings is 1. The molecule has 1 aliphatic carbocycles. The number of nitrogens with zero attached hydrogens (tertiary/aromatic N) is 2. The molecule has 0 radical (unpaired) electrons. The summed E-state index contributed by atoms with van der Waals surface area (Å²) < 4.78 is 14.0. The zero-order valence-electron chi connectivity index (χ0n) is 12.9. The van der Waals surface area contributed by atoms with Gasteiger partial charge in [0, 0.05) is 19.1 Å². The van der Waals surface area contributed by atoms with Crippen molar-refractivity contribution in [3.8, 4) is 5.75 Å². The number of hydrogen-bond acceptors (Lipinski definition) is 4. The minimum Gasteiger partial charge on any atom is -0.495 e. The Labute approximate surface area is 133 Å². The molecular weight excluding hydrogens is 300 g/mol. The van der Waals surface area contributed by atoms with E-state index in [4.69, 9.17) is 9.47 Å². The molecule has 22 heavy (non-hydrogen) atoms. The number of hydrogen-bond donors (Lipinski definition) is 0. The number of ether oxygens (including phenoxy) is 2. The van der Waals surface area contributed by atoms with Gasteiger partial charge < -0.3 is 14.0 Å². The van der Waals surface area contributed by atoms with E-state index in [1.807, 2.05) is 29.7 Å². The molecule has 118 valence electrons. The molecule has 0 bridgehead atoms. The highest BCUT2D eigenvalue weighted by Crippen LogP contribution is 2.31. The van der Waals surface area contributed by atoms with Gasteiger partial charge in [-0.25, -0.2) is 0 Å². The van der Waals surface area contributed by atoms with Gasteiger partial charge in [-0.15, -0.1) is 0 Å². The molecule has 6 heteroatoms. The molecule has 0 aliphatic heterocycles. The van der Waals surface area contributed by atoms with Gasteiger partial charge in [-0.1, -0.05) is 17.4 Å². The monoisotopic (exact) mass is 320 g/mol. The van der Waals surface area contributed by atoms with E-state index in [2.05, 4.69) is 4.99 Å². The zero-order chi connectivity index (χ0) is 15.5. The van der Waals surface area contributed by atoms with Gasteiger partial charge in [0.25, 0.3) is 5.91 Å². The molecule has 5 nitrogen and oxygen atoms in total. The van der Waals surface area contributed by atoms with Crippen LogP contribution in [0.25, 0.3) is 10.2 Å². The average Bonchev–Trinajstić information content (AvgIpc) is 3.31. The summed E-state index contributed by atoms with van der Waals surface area (Å²) in [4.78, 5) is 17.1. The van der Waals surface area contributed by atoms with E-state index in [1.54, 1.807) is 7.11 Å². The molecule has 0 N–H and O–H groups in total. The summed E-state index contributed by atoms with van der Waals surface area (Å²) in [6.07, 6.45) is 1.94. The number of fused-ring (bicyclic) bond motifs is 1. The van der Waals surface area contributed by atoms with E-state index in [0.717, 1.165) is 33.6 Å². The van der Waals surface area contributed by atoms with Gasteiger partial charge in [-0.2, -0.15) is 4.99 Å². The third-order valence-electron chi connectivity index (χ3n) is 3.68. The molecule has 1 fully saturated rings. The highest BCUT2D eigenvalue weighted by atomic mass is 32.1. The third-order valence-corrected chi connectivity index (χ3v) is 4.72.